The molecule has 18 heavy (non-hydrogen) atoms. The van der Waals surface area contributed by atoms with Crippen LogP contribution in [0.4, 0.5) is 10.1 Å². The van der Waals surface area contributed by atoms with Gasteiger partial charge in [-0.3, -0.25) is 0 Å². The number of hydrogen-bond acceptors (Lipinski definition) is 2. The first kappa shape index (κ1) is 12.4. The van der Waals surface area contributed by atoms with Crippen molar-refractivity contribution in [1.82, 2.24) is 0 Å². The molecule has 0 aliphatic rings. The highest BCUT2D eigenvalue weighted by Gasteiger charge is 2.02. The minimum atomic E-state index is -0.329. The summed E-state index contributed by atoms with van der Waals surface area (Å²) < 4.78 is 18.5. The Bertz CT molecular complexity index is 540. The Kier molecular flexibility index (Phi) is 3.82. The van der Waals surface area contributed by atoms with E-state index in [1.165, 1.54) is 17.7 Å². The fourth-order valence-electron chi connectivity index (χ4n) is 1.71. The predicted molar refractivity (Wildman–Crippen MR) is 71.0 cm³/mol. The van der Waals surface area contributed by atoms with Gasteiger partial charge in [-0.1, -0.05) is 25.1 Å². The second kappa shape index (κ2) is 5.54. The molecular formula is C15H16FNO. The lowest BCUT2D eigenvalue weighted by atomic mass is 10.1. The van der Waals surface area contributed by atoms with Crippen molar-refractivity contribution in [1.29, 1.82) is 0 Å². The number of halogens is 1. The topological polar surface area (TPSA) is 35.2 Å². The van der Waals surface area contributed by atoms with E-state index in [0.717, 1.165) is 17.7 Å². The number of nitrogen functional groups attached to an aromatic ring is 1. The number of rotatable bonds is 4. The van der Waals surface area contributed by atoms with Crippen LogP contribution in [0.3, 0.4) is 0 Å². The molecule has 0 atom stereocenters. The standard InChI is InChI=1S/C15H16FNO/c1-2-11-4-3-5-14(8-11)18-10-12-6-7-13(16)9-15(12)17/h3-9H,2,10,17H2,1H3. The zero-order valence-electron chi connectivity index (χ0n) is 10.3. The van der Waals surface area contributed by atoms with Crippen LogP contribution < -0.4 is 10.5 Å². The van der Waals surface area contributed by atoms with Crippen molar-refractivity contribution in [3.63, 3.8) is 0 Å². The van der Waals surface area contributed by atoms with Gasteiger partial charge in [-0.25, -0.2) is 4.39 Å². The number of hydrogen-bond donors (Lipinski definition) is 1. The highest BCUT2D eigenvalue weighted by atomic mass is 19.1. The molecule has 0 heterocycles. The number of benzene rings is 2. The monoisotopic (exact) mass is 245 g/mol. The molecule has 0 aliphatic carbocycles. The van der Waals surface area contributed by atoms with Crippen LogP contribution in [-0.2, 0) is 13.0 Å². The van der Waals surface area contributed by atoms with Crippen molar-refractivity contribution in [2.45, 2.75) is 20.0 Å². The van der Waals surface area contributed by atoms with E-state index in [-0.39, 0.29) is 5.82 Å². The first-order valence-corrected chi connectivity index (χ1v) is 5.94. The van der Waals surface area contributed by atoms with E-state index in [1.54, 1.807) is 6.07 Å². The van der Waals surface area contributed by atoms with E-state index in [1.807, 2.05) is 18.2 Å². The van der Waals surface area contributed by atoms with E-state index in [9.17, 15) is 4.39 Å². The summed E-state index contributed by atoms with van der Waals surface area (Å²) in [6, 6.07) is 12.3. The van der Waals surface area contributed by atoms with Crippen LogP contribution in [0.1, 0.15) is 18.1 Å². The Labute approximate surface area is 106 Å². The molecule has 0 aromatic heterocycles. The molecule has 0 bridgehead atoms. The van der Waals surface area contributed by atoms with Crippen LogP contribution in [0.5, 0.6) is 5.75 Å². The predicted octanol–water partition coefficient (Wildman–Crippen LogP) is 3.55. The first-order valence-electron chi connectivity index (χ1n) is 5.94. The van der Waals surface area contributed by atoms with Crippen molar-refractivity contribution in [3.05, 3.63) is 59.4 Å². The van der Waals surface area contributed by atoms with E-state index in [4.69, 9.17) is 10.5 Å². The Morgan fingerprint density at radius 3 is 2.72 bits per heavy atom. The van der Waals surface area contributed by atoms with Gasteiger partial charge in [-0.15, -0.1) is 0 Å². The summed E-state index contributed by atoms with van der Waals surface area (Å²) in [5.74, 6) is 0.474. The van der Waals surface area contributed by atoms with Gasteiger partial charge >= 0.3 is 0 Å². The van der Waals surface area contributed by atoms with Crippen molar-refractivity contribution in [2.24, 2.45) is 0 Å². The van der Waals surface area contributed by atoms with Gasteiger partial charge in [0.05, 0.1) is 0 Å². The average Bonchev–Trinajstić information content (AvgIpc) is 2.38. The molecule has 2 N–H and O–H groups in total. The summed E-state index contributed by atoms with van der Waals surface area (Å²) in [6.45, 7) is 2.44. The summed E-state index contributed by atoms with van der Waals surface area (Å²) in [7, 11) is 0. The maximum absolute atomic E-state index is 12.9. The Morgan fingerprint density at radius 1 is 1.17 bits per heavy atom. The highest BCUT2D eigenvalue weighted by molar-refractivity contribution is 5.46. The summed E-state index contributed by atoms with van der Waals surface area (Å²) in [5.41, 5.74) is 8.15. The second-order valence-corrected chi connectivity index (χ2v) is 4.13. The zero-order valence-corrected chi connectivity index (χ0v) is 10.3. The smallest absolute Gasteiger partial charge is 0.125 e. The van der Waals surface area contributed by atoms with E-state index >= 15 is 0 Å². The van der Waals surface area contributed by atoms with Crippen LogP contribution in [-0.4, -0.2) is 0 Å². The molecule has 94 valence electrons. The van der Waals surface area contributed by atoms with Gasteiger partial charge < -0.3 is 10.5 Å². The normalized spacial score (nSPS) is 10.3. The summed E-state index contributed by atoms with van der Waals surface area (Å²) >= 11 is 0. The molecule has 3 heteroatoms. The number of ether oxygens (including phenoxy) is 1. The molecular weight excluding hydrogens is 229 g/mol. The van der Waals surface area contributed by atoms with Gasteiger partial charge in [0, 0.05) is 11.3 Å². The lowest BCUT2D eigenvalue weighted by Crippen LogP contribution is -2.01. The third-order valence-electron chi connectivity index (χ3n) is 2.81. The van der Waals surface area contributed by atoms with Crippen molar-refractivity contribution >= 4 is 5.69 Å². The lowest BCUT2D eigenvalue weighted by molar-refractivity contribution is 0.306. The van der Waals surface area contributed by atoms with E-state index in [2.05, 4.69) is 13.0 Å². The Hall–Kier alpha value is -2.03. The van der Waals surface area contributed by atoms with Gasteiger partial charge in [0.25, 0.3) is 0 Å². The fraction of sp³-hybridized carbons (Fsp3) is 0.200. The molecule has 0 unspecified atom stereocenters. The Morgan fingerprint density at radius 2 is 2.00 bits per heavy atom. The van der Waals surface area contributed by atoms with E-state index < -0.39 is 0 Å². The molecule has 0 amide bonds. The van der Waals surface area contributed by atoms with Gasteiger partial charge in [-0.2, -0.15) is 0 Å². The number of anilines is 1. The van der Waals surface area contributed by atoms with Gasteiger partial charge in [0.15, 0.2) is 0 Å². The molecule has 2 aromatic carbocycles. The quantitative estimate of drug-likeness (QED) is 0.836. The molecule has 0 fully saturated rings. The van der Waals surface area contributed by atoms with Crippen molar-refractivity contribution in [3.8, 4) is 5.75 Å². The fourth-order valence-corrected chi connectivity index (χ4v) is 1.71. The second-order valence-electron chi connectivity index (χ2n) is 4.13. The lowest BCUT2D eigenvalue weighted by Gasteiger charge is -2.09. The zero-order chi connectivity index (χ0) is 13.0. The molecule has 0 saturated heterocycles. The minimum absolute atomic E-state index is 0.329. The van der Waals surface area contributed by atoms with Crippen molar-refractivity contribution in [2.75, 3.05) is 5.73 Å². The van der Waals surface area contributed by atoms with Gasteiger partial charge in [0.1, 0.15) is 18.2 Å². The van der Waals surface area contributed by atoms with Crippen LogP contribution in [0.15, 0.2) is 42.5 Å². The molecule has 2 nitrogen and oxygen atoms in total. The van der Waals surface area contributed by atoms with Crippen LogP contribution in [0.2, 0.25) is 0 Å². The van der Waals surface area contributed by atoms with Crippen LogP contribution in [0.25, 0.3) is 0 Å². The van der Waals surface area contributed by atoms with Crippen molar-refractivity contribution < 1.29 is 9.13 Å². The maximum Gasteiger partial charge on any atom is 0.125 e. The molecule has 0 spiro atoms. The Balaban J connectivity index is 2.06. The highest BCUT2D eigenvalue weighted by Crippen LogP contribution is 2.18. The third kappa shape index (κ3) is 3.00. The van der Waals surface area contributed by atoms with Gasteiger partial charge in [-0.05, 0) is 36.2 Å². The molecule has 0 saturated carbocycles. The average molecular weight is 245 g/mol. The molecule has 0 aliphatic heterocycles. The third-order valence-corrected chi connectivity index (χ3v) is 2.81. The number of aryl methyl sites for hydroxylation is 1. The van der Waals surface area contributed by atoms with E-state index in [0.29, 0.717) is 12.3 Å². The molecule has 0 radical (unpaired) electrons. The number of nitrogens with two attached hydrogens (primary N) is 1. The minimum Gasteiger partial charge on any atom is -0.489 e. The van der Waals surface area contributed by atoms with Crippen LogP contribution >= 0.6 is 0 Å². The first-order chi connectivity index (χ1) is 8.69. The SMILES string of the molecule is CCc1cccc(OCc2ccc(F)cc2N)c1. The largest absolute Gasteiger partial charge is 0.489 e. The summed E-state index contributed by atoms with van der Waals surface area (Å²) in [6.07, 6.45) is 0.968. The summed E-state index contributed by atoms with van der Waals surface area (Å²) in [4.78, 5) is 0. The van der Waals surface area contributed by atoms with Crippen LogP contribution in [0, 0.1) is 5.82 Å². The summed E-state index contributed by atoms with van der Waals surface area (Å²) in [5, 5.41) is 0. The molecule has 2 aromatic rings. The molecule has 2 rings (SSSR count). The maximum atomic E-state index is 12.9. The van der Waals surface area contributed by atoms with Gasteiger partial charge in [0.2, 0.25) is 0 Å².